The summed E-state index contributed by atoms with van der Waals surface area (Å²) in [5.41, 5.74) is -0.00218. The van der Waals surface area contributed by atoms with Gasteiger partial charge in [0.05, 0.1) is 11.8 Å². The number of Topliss-reactive ketones (excluding diaryl/α,β-unsaturated/α-hetero) is 1. The number of hydrogen-bond acceptors (Lipinski definition) is 3. The zero-order valence-electron chi connectivity index (χ0n) is 9.35. The summed E-state index contributed by atoms with van der Waals surface area (Å²) in [5.74, 6) is -0.158. The van der Waals surface area contributed by atoms with Crippen LogP contribution < -0.4 is 5.32 Å². The monoisotopic (exact) mass is 212 g/mol. The molecule has 0 fully saturated rings. The van der Waals surface area contributed by atoms with Crippen molar-refractivity contribution in [1.82, 2.24) is 5.32 Å². The molecule has 1 unspecified atom stereocenters. The lowest BCUT2D eigenvalue weighted by molar-refractivity contribution is -0.112. The Hall–Kier alpha value is -1.13. The lowest BCUT2D eigenvalue weighted by atomic mass is 9.99. The Kier molecular flexibility index (Phi) is 7.59. The minimum absolute atomic E-state index is 0.00218. The minimum Gasteiger partial charge on any atom is -0.391 e. The normalized spacial score (nSPS) is 12.7. The molecule has 0 aliphatic carbocycles. The van der Waals surface area contributed by atoms with Crippen molar-refractivity contribution >= 4 is 19.3 Å². The Morgan fingerprint density at radius 3 is 2.87 bits per heavy atom. The van der Waals surface area contributed by atoms with Gasteiger partial charge in [-0.15, -0.1) is 0 Å². The molecule has 0 saturated heterocycles. The van der Waals surface area contributed by atoms with E-state index in [4.69, 9.17) is 5.41 Å². The summed E-state index contributed by atoms with van der Waals surface area (Å²) in [4.78, 5) is 11.2. The number of halogens is 1. The van der Waals surface area contributed by atoms with E-state index in [0.717, 1.165) is 6.42 Å². The molecular weight excluding hydrogens is 194 g/mol. The molecule has 0 spiro atoms. The predicted octanol–water partition coefficient (Wildman–Crippen LogP) is 0.797. The molecule has 0 aliphatic heterocycles. The van der Waals surface area contributed by atoms with E-state index in [1.165, 1.54) is 20.1 Å². The summed E-state index contributed by atoms with van der Waals surface area (Å²) < 4.78 is 12.4. The molecule has 0 aromatic heterocycles. The molecule has 84 valence electrons. The Bertz CT molecular complexity index is 242. The number of alkyl halides is 1. The summed E-state index contributed by atoms with van der Waals surface area (Å²) in [6.45, 7) is 2.42. The van der Waals surface area contributed by atoms with Gasteiger partial charge >= 0.3 is 0 Å². The third kappa shape index (κ3) is 7.91. The van der Waals surface area contributed by atoms with Crippen LogP contribution in [0.1, 0.15) is 26.2 Å². The highest BCUT2D eigenvalue weighted by molar-refractivity contribution is 6.42. The van der Waals surface area contributed by atoms with Crippen LogP contribution in [0.5, 0.6) is 0 Å². The van der Waals surface area contributed by atoms with E-state index in [2.05, 4.69) is 5.32 Å². The molecule has 0 amide bonds. The quantitative estimate of drug-likeness (QED) is 0.355. The largest absolute Gasteiger partial charge is 0.391 e. The third-order valence-electron chi connectivity index (χ3n) is 1.83. The van der Waals surface area contributed by atoms with Crippen molar-refractivity contribution in [3.63, 3.8) is 0 Å². The Morgan fingerprint density at radius 1 is 1.67 bits per heavy atom. The van der Waals surface area contributed by atoms with Crippen molar-refractivity contribution in [3.8, 4) is 0 Å². The molecule has 0 heterocycles. The topological polar surface area (TPSA) is 53.0 Å². The predicted molar refractivity (Wildman–Crippen MR) is 62.8 cm³/mol. The number of rotatable bonds is 8. The van der Waals surface area contributed by atoms with Crippen LogP contribution in [0.2, 0.25) is 0 Å². The fourth-order valence-electron chi connectivity index (χ4n) is 0.962. The first kappa shape index (κ1) is 13.9. The smallest absolute Gasteiger partial charge is 0.180 e. The maximum absolute atomic E-state index is 12.4. The second kappa shape index (κ2) is 8.21. The van der Waals surface area contributed by atoms with Crippen molar-refractivity contribution in [2.45, 2.75) is 32.3 Å². The molecule has 5 heteroatoms. The van der Waals surface area contributed by atoms with Gasteiger partial charge in [-0.2, -0.15) is 0 Å². The van der Waals surface area contributed by atoms with E-state index in [9.17, 15) is 9.18 Å². The zero-order chi connectivity index (χ0) is 11.7. The van der Waals surface area contributed by atoms with Crippen molar-refractivity contribution in [2.75, 3.05) is 6.54 Å². The maximum atomic E-state index is 12.4. The van der Waals surface area contributed by atoms with Gasteiger partial charge in [0.1, 0.15) is 7.85 Å². The molecule has 0 aliphatic rings. The van der Waals surface area contributed by atoms with Gasteiger partial charge in [-0.1, -0.05) is 6.92 Å². The van der Waals surface area contributed by atoms with Crippen LogP contribution in [0.3, 0.4) is 0 Å². The van der Waals surface area contributed by atoms with Crippen molar-refractivity contribution in [1.29, 1.82) is 5.41 Å². The van der Waals surface area contributed by atoms with Gasteiger partial charge in [-0.3, -0.25) is 14.6 Å². The minimum atomic E-state index is -0.827. The van der Waals surface area contributed by atoms with E-state index < -0.39 is 6.07 Å². The molecule has 3 nitrogen and oxygen atoms in total. The average Bonchev–Trinajstić information content (AvgIpc) is 2.16. The molecule has 0 aromatic rings. The molecule has 0 saturated carbocycles. The number of nitrogens with one attached hydrogen (secondary N) is 2. The Balaban J connectivity index is 3.67. The molecule has 0 bridgehead atoms. The summed E-state index contributed by atoms with van der Waals surface area (Å²) in [6.07, 6.45) is 3.71. The standard InChI is InChI=1S/C10H18BFN2O/c1-2-3-9(15)8(13)4-6-14-7-5-10(11)12/h4,6,10,13-14H,2-3,5,7,11H2,1H3/b6-4-,13-8?. The second-order valence-corrected chi connectivity index (χ2v) is 3.44. The summed E-state index contributed by atoms with van der Waals surface area (Å²) in [7, 11) is 1.50. The number of ketones is 1. The van der Waals surface area contributed by atoms with E-state index in [0.29, 0.717) is 19.4 Å². The Labute approximate surface area is 91.0 Å². The fraction of sp³-hybridized carbons (Fsp3) is 0.600. The highest BCUT2D eigenvalue weighted by Crippen LogP contribution is 1.92. The van der Waals surface area contributed by atoms with E-state index in [-0.39, 0.29) is 11.5 Å². The lowest BCUT2D eigenvalue weighted by Crippen LogP contribution is -2.15. The van der Waals surface area contributed by atoms with Crippen LogP contribution in [0.25, 0.3) is 0 Å². The average molecular weight is 212 g/mol. The lowest BCUT2D eigenvalue weighted by Gasteiger charge is -2.01. The van der Waals surface area contributed by atoms with Gasteiger partial charge in [0.15, 0.2) is 5.78 Å². The number of carbonyl (C=O) groups excluding carboxylic acids is 1. The fourth-order valence-corrected chi connectivity index (χ4v) is 0.962. The molecule has 0 rings (SSSR count). The first-order valence-corrected chi connectivity index (χ1v) is 5.23. The van der Waals surface area contributed by atoms with Crippen molar-refractivity contribution in [2.24, 2.45) is 0 Å². The highest BCUT2D eigenvalue weighted by atomic mass is 19.1. The van der Waals surface area contributed by atoms with Crippen LogP contribution in [0.4, 0.5) is 4.39 Å². The van der Waals surface area contributed by atoms with Gasteiger partial charge in [0.2, 0.25) is 0 Å². The first-order valence-electron chi connectivity index (χ1n) is 5.23. The zero-order valence-corrected chi connectivity index (χ0v) is 9.35. The SMILES string of the molecule is BC(F)CCN/C=C\C(=N)C(=O)CCC. The van der Waals surface area contributed by atoms with E-state index in [1.807, 2.05) is 6.92 Å². The van der Waals surface area contributed by atoms with Crippen molar-refractivity contribution in [3.05, 3.63) is 12.3 Å². The summed E-state index contributed by atoms with van der Waals surface area (Å²) >= 11 is 0. The molecule has 2 N–H and O–H groups in total. The van der Waals surface area contributed by atoms with Gasteiger partial charge < -0.3 is 5.32 Å². The van der Waals surface area contributed by atoms with Crippen LogP contribution >= 0.6 is 0 Å². The van der Waals surface area contributed by atoms with E-state index >= 15 is 0 Å². The summed E-state index contributed by atoms with van der Waals surface area (Å²) in [6, 6.07) is 0. The number of allylic oxidation sites excluding steroid dienone is 1. The number of carbonyl (C=O) groups is 1. The van der Waals surface area contributed by atoms with Crippen LogP contribution in [0.15, 0.2) is 12.3 Å². The molecule has 0 radical (unpaired) electrons. The summed E-state index contributed by atoms with van der Waals surface area (Å²) in [5, 5.41) is 10.2. The van der Waals surface area contributed by atoms with Gasteiger partial charge in [0, 0.05) is 13.0 Å². The maximum Gasteiger partial charge on any atom is 0.180 e. The van der Waals surface area contributed by atoms with Crippen LogP contribution in [-0.4, -0.2) is 32.0 Å². The third-order valence-corrected chi connectivity index (χ3v) is 1.83. The molecule has 0 aromatic carbocycles. The van der Waals surface area contributed by atoms with E-state index in [1.54, 1.807) is 0 Å². The molecule has 15 heavy (non-hydrogen) atoms. The second-order valence-electron chi connectivity index (χ2n) is 3.44. The highest BCUT2D eigenvalue weighted by Gasteiger charge is 2.03. The van der Waals surface area contributed by atoms with Gasteiger partial charge in [-0.05, 0) is 25.1 Å². The van der Waals surface area contributed by atoms with Gasteiger partial charge in [-0.25, -0.2) is 0 Å². The molecule has 1 atom stereocenters. The van der Waals surface area contributed by atoms with Crippen LogP contribution in [-0.2, 0) is 4.79 Å². The number of hydrogen-bond donors (Lipinski definition) is 2. The molecular formula is C10H18BFN2O. The Morgan fingerprint density at radius 2 is 2.33 bits per heavy atom. The van der Waals surface area contributed by atoms with Crippen molar-refractivity contribution < 1.29 is 9.18 Å². The van der Waals surface area contributed by atoms with Crippen LogP contribution in [0, 0.1) is 5.41 Å². The van der Waals surface area contributed by atoms with Gasteiger partial charge in [0.25, 0.3) is 0 Å². The first-order chi connectivity index (χ1) is 7.07.